The van der Waals surface area contributed by atoms with Crippen LogP contribution >= 0.6 is 11.8 Å². The minimum atomic E-state index is 0.0184. The smallest absolute Gasteiger partial charge is 0.224 e. The molecule has 1 aromatic rings. The SMILES string of the molecule is COc1cc(C#N)ccc1NC(=O)CC1CCSCC1. The van der Waals surface area contributed by atoms with Crippen LogP contribution in [0.25, 0.3) is 0 Å². The van der Waals surface area contributed by atoms with Crippen molar-refractivity contribution < 1.29 is 9.53 Å². The molecular formula is C15H18N2O2S. The zero-order valence-electron chi connectivity index (χ0n) is 11.5. The molecule has 1 saturated heterocycles. The number of carbonyl (C=O) groups is 1. The van der Waals surface area contributed by atoms with E-state index in [4.69, 9.17) is 10.00 Å². The molecule has 2 rings (SSSR count). The molecule has 1 aliphatic rings. The Hall–Kier alpha value is -1.67. The molecule has 106 valence electrons. The zero-order chi connectivity index (χ0) is 14.4. The summed E-state index contributed by atoms with van der Waals surface area (Å²) in [5, 5.41) is 11.7. The van der Waals surface area contributed by atoms with Gasteiger partial charge in [0.2, 0.25) is 5.91 Å². The van der Waals surface area contributed by atoms with E-state index in [2.05, 4.69) is 11.4 Å². The van der Waals surface area contributed by atoms with Crippen LogP contribution in [-0.4, -0.2) is 24.5 Å². The maximum Gasteiger partial charge on any atom is 0.224 e. The van der Waals surface area contributed by atoms with Crippen LogP contribution in [0.15, 0.2) is 18.2 Å². The third-order valence-electron chi connectivity index (χ3n) is 3.42. The molecule has 0 saturated carbocycles. The molecule has 1 fully saturated rings. The number of benzene rings is 1. The molecule has 1 amide bonds. The Balaban J connectivity index is 1.98. The highest BCUT2D eigenvalue weighted by molar-refractivity contribution is 7.99. The summed E-state index contributed by atoms with van der Waals surface area (Å²) in [6.07, 6.45) is 2.79. The molecule has 1 N–H and O–H groups in total. The van der Waals surface area contributed by atoms with Gasteiger partial charge in [-0.05, 0) is 42.4 Å². The topological polar surface area (TPSA) is 62.1 Å². The predicted octanol–water partition coefficient (Wildman–Crippen LogP) is 3.04. The van der Waals surface area contributed by atoms with Crippen LogP contribution in [0.4, 0.5) is 5.69 Å². The number of amides is 1. The van der Waals surface area contributed by atoms with E-state index < -0.39 is 0 Å². The van der Waals surface area contributed by atoms with Gasteiger partial charge in [-0.3, -0.25) is 4.79 Å². The lowest BCUT2D eigenvalue weighted by Gasteiger charge is -2.20. The Labute approximate surface area is 123 Å². The number of rotatable bonds is 4. The number of hydrogen-bond donors (Lipinski definition) is 1. The highest BCUT2D eigenvalue weighted by Gasteiger charge is 2.18. The van der Waals surface area contributed by atoms with E-state index in [1.807, 2.05) is 11.8 Å². The Bertz CT molecular complexity index is 519. The van der Waals surface area contributed by atoms with Gasteiger partial charge in [0.15, 0.2) is 0 Å². The van der Waals surface area contributed by atoms with Gasteiger partial charge in [0.25, 0.3) is 0 Å². The first-order valence-electron chi connectivity index (χ1n) is 6.68. The summed E-state index contributed by atoms with van der Waals surface area (Å²) in [5.74, 6) is 3.33. The number of hydrogen-bond acceptors (Lipinski definition) is 4. The first kappa shape index (κ1) is 14.7. The number of methoxy groups -OCH3 is 1. The normalized spacial score (nSPS) is 15.4. The average Bonchev–Trinajstić information content (AvgIpc) is 2.48. The van der Waals surface area contributed by atoms with Gasteiger partial charge in [0.1, 0.15) is 5.75 Å². The highest BCUT2D eigenvalue weighted by atomic mass is 32.2. The van der Waals surface area contributed by atoms with Crippen molar-refractivity contribution in [3.05, 3.63) is 23.8 Å². The van der Waals surface area contributed by atoms with Crippen molar-refractivity contribution >= 4 is 23.4 Å². The van der Waals surface area contributed by atoms with Gasteiger partial charge in [-0.15, -0.1) is 0 Å². The monoisotopic (exact) mass is 290 g/mol. The van der Waals surface area contributed by atoms with Crippen LogP contribution in [0.1, 0.15) is 24.8 Å². The number of anilines is 1. The fourth-order valence-corrected chi connectivity index (χ4v) is 3.48. The molecule has 4 nitrogen and oxygen atoms in total. The zero-order valence-corrected chi connectivity index (χ0v) is 12.3. The molecular weight excluding hydrogens is 272 g/mol. The molecule has 0 unspecified atom stereocenters. The van der Waals surface area contributed by atoms with Crippen molar-refractivity contribution in [2.24, 2.45) is 5.92 Å². The van der Waals surface area contributed by atoms with Gasteiger partial charge in [0, 0.05) is 12.5 Å². The van der Waals surface area contributed by atoms with Gasteiger partial charge in [-0.2, -0.15) is 17.0 Å². The largest absolute Gasteiger partial charge is 0.495 e. The number of ether oxygens (including phenoxy) is 1. The van der Waals surface area contributed by atoms with Crippen LogP contribution in [-0.2, 0) is 4.79 Å². The first-order valence-corrected chi connectivity index (χ1v) is 7.84. The molecule has 20 heavy (non-hydrogen) atoms. The predicted molar refractivity (Wildman–Crippen MR) is 81.0 cm³/mol. The van der Waals surface area contributed by atoms with Gasteiger partial charge in [-0.1, -0.05) is 0 Å². The molecule has 0 aliphatic carbocycles. The van der Waals surface area contributed by atoms with Gasteiger partial charge in [-0.25, -0.2) is 0 Å². The molecule has 5 heteroatoms. The summed E-state index contributed by atoms with van der Waals surface area (Å²) in [5.41, 5.74) is 1.14. The van der Waals surface area contributed by atoms with Crippen LogP contribution in [0.2, 0.25) is 0 Å². The van der Waals surface area contributed by atoms with Gasteiger partial charge >= 0.3 is 0 Å². The summed E-state index contributed by atoms with van der Waals surface area (Å²) in [7, 11) is 1.53. The number of nitrogens with one attached hydrogen (secondary N) is 1. The summed E-state index contributed by atoms with van der Waals surface area (Å²) < 4.78 is 5.21. The molecule has 0 spiro atoms. The van der Waals surface area contributed by atoms with Crippen molar-refractivity contribution in [1.82, 2.24) is 0 Å². The van der Waals surface area contributed by atoms with E-state index in [9.17, 15) is 4.79 Å². The third kappa shape index (κ3) is 3.91. The van der Waals surface area contributed by atoms with Crippen LogP contribution in [0, 0.1) is 17.2 Å². The lowest BCUT2D eigenvalue weighted by atomic mass is 9.98. The fourth-order valence-electron chi connectivity index (χ4n) is 2.28. The van der Waals surface area contributed by atoms with Crippen LogP contribution < -0.4 is 10.1 Å². The van der Waals surface area contributed by atoms with Crippen molar-refractivity contribution in [2.75, 3.05) is 23.9 Å². The number of nitriles is 1. The quantitative estimate of drug-likeness (QED) is 0.925. The standard InChI is InChI=1S/C15H18N2O2S/c1-19-14-8-12(10-16)2-3-13(14)17-15(18)9-11-4-6-20-7-5-11/h2-3,8,11H,4-7,9H2,1H3,(H,17,18). The molecule has 0 bridgehead atoms. The van der Waals surface area contributed by atoms with E-state index in [-0.39, 0.29) is 5.91 Å². The van der Waals surface area contributed by atoms with Crippen molar-refractivity contribution in [2.45, 2.75) is 19.3 Å². The van der Waals surface area contributed by atoms with Gasteiger partial charge in [0.05, 0.1) is 24.4 Å². The number of thioether (sulfide) groups is 1. The fraction of sp³-hybridized carbons (Fsp3) is 0.467. The van der Waals surface area contributed by atoms with Gasteiger partial charge < -0.3 is 10.1 Å². The maximum absolute atomic E-state index is 12.1. The first-order chi connectivity index (χ1) is 9.72. The van der Waals surface area contributed by atoms with E-state index in [0.29, 0.717) is 29.3 Å². The Morgan fingerprint density at radius 2 is 2.25 bits per heavy atom. The second-order valence-corrected chi connectivity index (χ2v) is 6.06. The summed E-state index contributed by atoms with van der Waals surface area (Å²) in [6, 6.07) is 7.07. The Morgan fingerprint density at radius 3 is 2.90 bits per heavy atom. The van der Waals surface area contributed by atoms with Crippen LogP contribution in [0.3, 0.4) is 0 Å². The number of carbonyl (C=O) groups excluding carboxylic acids is 1. The lowest BCUT2D eigenvalue weighted by molar-refractivity contribution is -0.117. The highest BCUT2D eigenvalue weighted by Crippen LogP contribution is 2.28. The second kappa shape index (κ2) is 7.20. The van der Waals surface area contributed by atoms with E-state index in [0.717, 1.165) is 24.3 Å². The Morgan fingerprint density at radius 1 is 1.50 bits per heavy atom. The van der Waals surface area contributed by atoms with E-state index in [1.165, 1.54) is 7.11 Å². The van der Waals surface area contributed by atoms with Crippen molar-refractivity contribution in [3.63, 3.8) is 0 Å². The van der Waals surface area contributed by atoms with Crippen molar-refractivity contribution in [1.29, 1.82) is 5.26 Å². The molecule has 1 heterocycles. The molecule has 1 aromatic carbocycles. The summed E-state index contributed by atoms with van der Waals surface area (Å²) in [6.45, 7) is 0. The third-order valence-corrected chi connectivity index (χ3v) is 4.47. The molecule has 1 aliphatic heterocycles. The minimum absolute atomic E-state index is 0.0184. The van der Waals surface area contributed by atoms with Crippen LogP contribution in [0.5, 0.6) is 5.75 Å². The lowest BCUT2D eigenvalue weighted by Crippen LogP contribution is -2.19. The maximum atomic E-state index is 12.1. The minimum Gasteiger partial charge on any atom is -0.495 e. The van der Waals surface area contributed by atoms with Crippen molar-refractivity contribution in [3.8, 4) is 11.8 Å². The van der Waals surface area contributed by atoms with E-state index in [1.54, 1.807) is 18.2 Å². The second-order valence-electron chi connectivity index (χ2n) is 4.83. The number of nitrogens with zero attached hydrogens (tertiary/aromatic N) is 1. The van der Waals surface area contributed by atoms with E-state index >= 15 is 0 Å². The Kier molecular flexibility index (Phi) is 5.31. The molecule has 0 radical (unpaired) electrons. The molecule has 0 aromatic heterocycles. The summed E-state index contributed by atoms with van der Waals surface area (Å²) >= 11 is 1.96. The summed E-state index contributed by atoms with van der Waals surface area (Å²) in [4.78, 5) is 12.1. The molecule has 0 atom stereocenters. The average molecular weight is 290 g/mol.